The van der Waals surface area contributed by atoms with Gasteiger partial charge in [0.15, 0.2) is 0 Å². The Labute approximate surface area is 120 Å². The molecular formula is C13H24ClN5. The minimum absolute atomic E-state index is 0.224. The van der Waals surface area contributed by atoms with Crippen molar-refractivity contribution in [1.29, 1.82) is 0 Å². The highest BCUT2D eigenvalue weighted by atomic mass is 35.5. The molecule has 19 heavy (non-hydrogen) atoms. The average Bonchev–Trinajstić information content (AvgIpc) is 2.40. The molecule has 0 aromatic carbocycles. The molecule has 1 aromatic heterocycles. The van der Waals surface area contributed by atoms with Gasteiger partial charge >= 0.3 is 0 Å². The van der Waals surface area contributed by atoms with E-state index in [1.807, 2.05) is 0 Å². The molecule has 0 radical (unpaired) electrons. The molecule has 0 fully saturated rings. The molecule has 108 valence electrons. The summed E-state index contributed by atoms with van der Waals surface area (Å²) in [6.07, 6.45) is 7.25. The first kappa shape index (κ1) is 16.0. The Morgan fingerprint density at radius 1 is 0.789 bits per heavy atom. The molecule has 2 N–H and O–H groups in total. The standard InChI is InChI=1S/C13H24ClN5/c1-3-5-6-7-8-10-16-13-18-11(14)17-12(19-13)15-9-4-2/h3-10H2,1-2H3,(H2,15,16,17,18,19). The van der Waals surface area contributed by atoms with Crippen molar-refractivity contribution in [3.63, 3.8) is 0 Å². The molecule has 0 aliphatic heterocycles. The van der Waals surface area contributed by atoms with E-state index in [0.717, 1.165) is 25.9 Å². The number of nitrogens with zero attached hydrogens (tertiary/aromatic N) is 3. The Morgan fingerprint density at radius 3 is 2.05 bits per heavy atom. The lowest BCUT2D eigenvalue weighted by molar-refractivity contribution is 0.644. The van der Waals surface area contributed by atoms with Crippen molar-refractivity contribution in [2.45, 2.75) is 52.4 Å². The van der Waals surface area contributed by atoms with Crippen LogP contribution in [0.2, 0.25) is 5.28 Å². The molecule has 5 nitrogen and oxygen atoms in total. The third-order valence-electron chi connectivity index (χ3n) is 2.70. The number of hydrogen-bond donors (Lipinski definition) is 2. The highest BCUT2D eigenvalue weighted by Gasteiger charge is 2.03. The monoisotopic (exact) mass is 285 g/mol. The zero-order valence-electron chi connectivity index (χ0n) is 11.9. The second kappa shape index (κ2) is 9.78. The van der Waals surface area contributed by atoms with Gasteiger partial charge in [0.2, 0.25) is 17.2 Å². The van der Waals surface area contributed by atoms with Gasteiger partial charge in [-0.25, -0.2) is 0 Å². The summed E-state index contributed by atoms with van der Waals surface area (Å²) in [5.74, 6) is 1.09. The third-order valence-corrected chi connectivity index (χ3v) is 2.87. The van der Waals surface area contributed by atoms with Crippen molar-refractivity contribution in [2.75, 3.05) is 23.7 Å². The maximum atomic E-state index is 5.87. The molecule has 0 saturated carbocycles. The topological polar surface area (TPSA) is 62.7 Å². The average molecular weight is 286 g/mol. The van der Waals surface area contributed by atoms with Gasteiger partial charge in [0.1, 0.15) is 0 Å². The van der Waals surface area contributed by atoms with Crippen LogP contribution < -0.4 is 10.6 Å². The molecule has 0 spiro atoms. The van der Waals surface area contributed by atoms with E-state index in [9.17, 15) is 0 Å². The van der Waals surface area contributed by atoms with Gasteiger partial charge in [-0.05, 0) is 24.4 Å². The third kappa shape index (κ3) is 7.15. The molecule has 0 amide bonds. The zero-order chi connectivity index (χ0) is 13.9. The van der Waals surface area contributed by atoms with Crippen LogP contribution in [0.4, 0.5) is 11.9 Å². The minimum Gasteiger partial charge on any atom is -0.354 e. The lowest BCUT2D eigenvalue weighted by Crippen LogP contribution is -2.10. The van der Waals surface area contributed by atoms with Gasteiger partial charge in [0.25, 0.3) is 0 Å². The Hall–Kier alpha value is -1.10. The Balaban J connectivity index is 2.34. The van der Waals surface area contributed by atoms with E-state index in [1.165, 1.54) is 25.7 Å². The van der Waals surface area contributed by atoms with Gasteiger partial charge < -0.3 is 10.6 Å². The van der Waals surface area contributed by atoms with Crippen molar-refractivity contribution in [3.8, 4) is 0 Å². The van der Waals surface area contributed by atoms with E-state index >= 15 is 0 Å². The van der Waals surface area contributed by atoms with Gasteiger partial charge in [-0.15, -0.1) is 0 Å². The lowest BCUT2D eigenvalue weighted by Gasteiger charge is -2.07. The smallest absolute Gasteiger partial charge is 0.228 e. The molecule has 1 aromatic rings. The van der Waals surface area contributed by atoms with Gasteiger partial charge in [-0.2, -0.15) is 15.0 Å². The Morgan fingerprint density at radius 2 is 1.42 bits per heavy atom. The molecular weight excluding hydrogens is 262 g/mol. The molecule has 0 atom stereocenters. The van der Waals surface area contributed by atoms with Gasteiger partial charge in [0.05, 0.1) is 0 Å². The lowest BCUT2D eigenvalue weighted by atomic mass is 10.1. The number of hydrogen-bond acceptors (Lipinski definition) is 5. The fraction of sp³-hybridized carbons (Fsp3) is 0.769. The van der Waals surface area contributed by atoms with E-state index in [0.29, 0.717) is 11.9 Å². The van der Waals surface area contributed by atoms with Crippen LogP contribution in [-0.2, 0) is 0 Å². The van der Waals surface area contributed by atoms with E-state index in [-0.39, 0.29) is 5.28 Å². The molecule has 0 saturated heterocycles. The summed E-state index contributed by atoms with van der Waals surface area (Å²) < 4.78 is 0. The van der Waals surface area contributed by atoms with Crippen LogP contribution in [0.3, 0.4) is 0 Å². The fourth-order valence-electron chi connectivity index (χ4n) is 1.67. The van der Waals surface area contributed by atoms with Crippen molar-refractivity contribution in [1.82, 2.24) is 15.0 Å². The summed E-state index contributed by atoms with van der Waals surface area (Å²) in [6, 6.07) is 0. The van der Waals surface area contributed by atoms with Crippen molar-refractivity contribution in [3.05, 3.63) is 5.28 Å². The first-order valence-electron chi connectivity index (χ1n) is 7.15. The summed E-state index contributed by atoms with van der Waals surface area (Å²) >= 11 is 5.87. The molecule has 6 heteroatoms. The normalized spacial score (nSPS) is 10.5. The van der Waals surface area contributed by atoms with Gasteiger partial charge in [0, 0.05) is 13.1 Å². The predicted octanol–water partition coefficient (Wildman–Crippen LogP) is 3.73. The van der Waals surface area contributed by atoms with Crippen LogP contribution in [-0.4, -0.2) is 28.0 Å². The minimum atomic E-state index is 0.224. The van der Waals surface area contributed by atoms with Crippen LogP contribution in [0.1, 0.15) is 52.4 Å². The summed E-state index contributed by atoms with van der Waals surface area (Å²) in [6.45, 7) is 6.01. The van der Waals surface area contributed by atoms with E-state index in [1.54, 1.807) is 0 Å². The zero-order valence-corrected chi connectivity index (χ0v) is 12.6. The van der Waals surface area contributed by atoms with Gasteiger partial charge in [-0.1, -0.05) is 39.5 Å². The maximum absolute atomic E-state index is 5.87. The first-order valence-corrected chi connectivity index (χ1v) is 7.53. The van der Waals surface area contributed by atoms with Crippen molar-refractivity contribution < 1.29 is 0 Å². The van der Waals surface area contributed by atoms with Crippen LogP contribution >= 0.6 is 11.6 Å². The Kier molecular flexibility index (Phi) is 8.21. The van der Waals surface area contributed by atoms with E-state index < -0.39 is 0 Å². The summed E-state index contributed by atoms with van der Waals surface area (Å²) in [5.41, 5.74) is 0. The van der Waals surface area contributed by atoms with Crippen LogP contribution in [0.25, 0.3) is 0 Å². The molecule has 1 heterocycles. The van der Waals surface area contributed by atoms with Crippen molar-refractivity contribution >= 4 is 23.5 Å². The summed E-state index contributed by atoms with van der Waals surface area (Å²) in [4.78, 5) is 12.4. The quantitative estimate of drug-likeness (QED) is 0.641. The highest BCUT2D eigenvalue weighted by Crippen LogP contribution is 2.10. The number of halogens is 1. The largest absolute Gasteiger partial charge is 0.354 e. The molecule has 0 bridgehead atoms. The second-order valence-corrected chi connectivity index (χ2v) is 4.86. The number of anilines is 2. The van der Waals surface area contributed by atoms with E-state index in [4.69, 9.17) is 11.6 Å². The molecule has 0 aliphatic rings. The molecule has 1 rings (SSSR count). The maximum Gasteiger partial charge on any atom is 0.228 e. The van der Waals surface area contributed by atoms with Gasteiger partial charge in [-0.3, -0.25) is 0 Å². The SMILES string of the molecule is CCCCCCCNc1nc(Cl)nc(NCCC)n1. The van der Waals surface area contributed by atoms with Crippen LogP contribution in [0.5, 0.6) is 0 Å². The number of aromatic nitrogens is 3. The fourth-order valence-corrected chi connectivity index (χ4v) is 1.83. The van der Waals surface area contributed by atoms with E-state index in [2.05, 4.69) is 39.4 Å². The number of nitrogens with one attached hydrogen (secondary N) is 2. The van der Waals surface area contributed by atoms with Crippen molar-refractivity contribution in [2.24, 2.45) is 0 Å². The molecule has 0 aliphatic carbocycles. The number of unbranched alkanes of at least 4 members (excludes halogenated alkanes) is 4. The van der Waals surface area contributed by atoms with Crippen LogP contribution in [0.15, 0.2) is 0 Å². The number of rotatable bonds is 10. The summed E-state index contributed by atoms with van der Waals surface area (Å²) in [7, 11) is 0. The highest BCUT2D eigenvalue weighted by molar-refractivity contribution is 6.28. The first-order chi connectivity index (χ1) is 9.26. The predicted molar refractivity (Wildman–Crippen MR) is 80.9 cm³/mol. The second-order valence-electron chi connectivity index (χ2n) is 4.52. The summed E-state index contributed by atoms with van der Waals surface area (Å²) in [5, 5.41) is 6.52. The van der Waals surface area contributed by atoms with Crippen LogP contribution in [0, 0.1) is 0 Å². The molecule has 0 unspecified atom stereocenters. The Bertz CT molecular complexity index is 359.